The van der Waals surface area contributed by atoms with Crippen LogP contribution in [0, 0.1) is 5.92 Å². The van der Waals surface area contributed by atoms with Gasteiger partial charge in [0.15, 0.2) is 0 Å². The molecule has 0 aliphatic carbocycles. The molecule has 0 bridgehead atoms. The SMILES string of the molecule is CCCC(CNC(=O)c1cccc(NC(=O)NC(C)C)c1)C(=O)O. The number of rotatable bonds is 8. The zero-order valence-corrected chi connectivity index (χ0v) is 14.3. The number of hydrogen-bond acceptors (Lipinski definition) is 3. The lowest BCUT2D eigenvalue weighted by atomic mass is 10.0. The highest BCUT2D eigenvalue weighted by Gasteiger charge is 2.17. The number of hydrogen-bond donors (Lipinski definition) is 4. The van der Waals surface area contributed by atoms with Crippen molar-refractivity contribution in [1.29, 1.82) is 0 Å². The number of carbonyl (C=O) groups excluding carboxylic acids is 2. The molecule has 0 aromatic heterocycles. The van der Waals surface area contributed by atoms with Crippen molar-refractivity contribution in [2.24, 2.45) is 5.92 Å². The van der Waals surface area contributed by atoms with E-state index < -0.39 is 11.9 Å². The van der Waals surface area contributed by atoms with Crippen molar-refractivity contribution >= 4 is 23.6 Å². The Balaban J connectivity index is 2.66. The van der Waals surface area contributed by atoms with Gasteiger partial charge in [-0.25, -0.2) is 4.79 Å². The minimum absolute atomic E-state index is 0.00278. The molecular formula is C17H25N3O4. The number of anilines is 1. The van der Waals surface area contributed by atoms with E-state index in [-0.39, 0.29) is 24.5 Å². The fourth-order valence-corrected chi connectivity index (χ4v) is 2.15. The van der Waals surface area contributed by atoms with Gasteiger partial charge in [0.05, 0.1) is 5.92 Å². The molecule has 7 nitrogen and oxygen atoms in total. The Labute approximate surface area is 141 Å². The van der Waals surface area contributed by atoms with Crippen molar-refractivity contribution in [3.8, 4) is 0 Å². The molecular weight excluding hydrogens is 310 g/mol. The van der Waals surface area contributed by atoms with Crippen LogP contribution < -0.4 is 16.0 Å². The van der Waals surface area contributed by atoms with Gasteiger partial charge >= 0.3 is 12.0 Å². The van der Waals surface area contributed by atoms with Crippen molar-refractivity contribution < 1.29 is 19.5 Å². The Morgan fingerprint density at radius 2 is 1.92 bits per heavy atom. The van der Waals surface area contributed by atoms with Gasteiger partial charge in [0.1, 0.15) is 0 Å². The molecule has 1 aromatic carbocycles. The molecule has 0 fully saturated rings. The monoisotopic (exact) mass is 335 g/mol. The third kappa shape index (κ3) is 6.68. The Bertz CT molecular complexity index is 587. The molecule has 0 saturated heterocycles. The molecule has 3 amide bonds. The maximum atomic E-state index is 12.2. The first kappa shape index (κ1) is 19.5. The quantitative estimate of drug-likeness (QED) is 0.585. The Kier molecular flexibility index (Phi) is 7.74. The number of carboxylic acids is 1. The van der Waals surface area contributed by atoms with Crippen LogP contribution in [0.4, 0.5) is 10.5 Å². The van der Waals surface area contributed by atoms with E-state index in [0.717, 1.165) is 6.42 Å². The van der Waals surface area contributed by atoms with Crippen LogP contribution in [-0.2, 0) is 4.79 Å². The molecule has 7 heteroatoms. The summed E-state index contributed by atoms with van der Waals surface area (Å²) in [4.78, 5) is 34.9. The van der Waals surface area contributed by atoms with E-state index in [1.807, 2.05) is 20.8 Å². The second-order valence-electron chi connectivity index (χ2n) is 5.87. The highest BCUT2D eigenvalue weighted by molar-refractivity contribution is 5.97. The summed E-state index contributed by atoms with van der Waals surface area (Å²) >= 11 is 0. The standard InChI is InChI=1S/C17H25N3O4/c1-4-6-13(16(22)23)10-18-15(21)12-7-5-8-14(9-12)20-17(24)19-11(2)3/h5,7-9,11,13H,4,6,10H2,1-3H3,(H,18,21)(H,22,23)(H2,19,20,24). The predicted molar refractivity (Wildman–Crippen MR) is 92.1 cm³/mol. The molecule has 1 aromatic rings. The van der Waals surface area contributed by atoms with Gasteiger partial charge in [0.2, 0.25) is 0 Å². The number of aliphatic carboxylic acids is 1. The molecule has 0 aliphatic rings. The molecule has 132 valence electrons. The van der Waals surface area contributed by atoms with Crippen molar-refractivity contribution in [3.05, 3.63) is 29.8 Å². The number of carbonyl (C=O) groups is 3. The molecule has 0 heterocycles. The Hall–Kier alpha value is -2.57. The summed E-state index contributed by atoms with van der Waals surface area (Å²) in [6, 6.07) is 6.13. The summed E-state index contributed by atoms with van der Waals surface area (Å²) in [5.41, 5.74) is 0.849. The summed E-state index contributed by atoms with van der Waals surface area (Å²) in [5, 5.41) is 17.1. The van der Waals surface area contributed by atoms with Crippen LogP contribution in [0.2, 0.25) is 0 Å². The Morgan fingerprint density at radius 3 is 2.50 bits per heavy atom. The molecule has 0 aliphatic heterocycles. The van der Waals surface area contributed by atoms with Gasteiger partial charge in [-0.2, -0.15) is 0 Å². The normalized spacial score (nSPS) is 11.7. The predicted octanol–water partition coefficient (Wildman–Crippen LogP) is 2.45. The van der Waals surface area contributed by atoms with Crippen LogP contribution in [0.25, 0.3) is 0 Å². The van der Waals surface area contributed by atoms with Gasteiger partial charge < -0.3 is 21.1 Å². The number of carboxylic acid groups (broad SMARTS) is 1. The van der Waals surface area contributed by atoms with Crippen LogP contribution in [0.3, 0.4) is 0 Å². The van der Waals surface area contributed by atoms with Gasteiger partial charge in [-0.1, -0.05) is 19.4 Å². The lowest BCUT2D eigenvalue weighted by Gasteiger charge is -2.13. The second-order valence-corrected chi connectivity index (χ2v) is 5.87. The highest BCUT2D eigenvalue weighted by Crippen LogP contribution is 2.11. The third-order valence-corrected chi connectivity index (χ3v) is 3.30. The Morgan fingerprint density at radius 1 is 1.21 bits per heavy atom. The van der Waals surface area contributed by atoms with E-state index in [1.165, 1.54) is 0 Å². The van der Waals surface area contributed by atoms with E-state index in [2.05, 4.69) is 16.0 Å². The average molecular weight is 335 g/mol. The van der Waals surface area contributed by atoms with Crippen molar-refractivity contribution in [2.45, 2.75) is 39.7 Å². The van der Waals surface area contributed by atoms with Gasteiger partial charge in [0.25, 0.3) is 5.91 Å². The lowest BCUT2D eigenvalue weighted by molar-refractivity contribution is -0.141. The minimum atomic E-state index is -0.919. The fraction of sp³-hybridized carbons (Fsp3) is 0.471. The van der Waals surface area contributed by atoms with E-state index in [9.17, 15) is 14.4 Å². The zero-order valence-electron chi connectivity index (χ0n) is 14.3. The van der Waals surface area contributed by atoms with Crippen LogP contribution >= 0.6 is 0 Å². The smallest absolute Gasteiger partial charge is 0.319 e. The largest absolute Gasteiger partial charge is 0.481 e. The highest BCUT2D eigenvalue weighted by atomic mass is 16.4. The summed E-state index contributed by atoms with van der Waals surface area (Å²) in [7, 11) is 0. The van der Waals surface area contributed by atoms with Gasteiger partial charge in [-0.15, -0.1) is 0 Å². The minimum Gasteiger partial charge on any atom is -0.481 e. The molecule has 1 rings (SSSR count). The summed E-state index contributed by atoms with van der Waals surface area (Å²) < 4.78 is 0. The maximum Gasteiger partial charge on any atom is 0.319 e. The third-order valence-electron chi connectivity index (χ3n) is 3.30. The van der Waals surface area contributed by atoms with E-state index >= 15 is 0 Å². The molecule has 0 saturated carbocycles. The van der Waals surface area contributed by atoms with E-state index in [1.54, 1.807) is 24.3 Å². The maximum absolute atomic E-state index is 12.2. The van der Waals surface area contributed by atoms with Crippen LogP contribution in [0.15, 0.2) is 24.3 Å². The zero-order chi connectivity index (χ0) is 18.1. The van der Waals surface area contributed by atoms with Crippen molar-refractivity contribution in [1.82, 2.24) is 10.6 Å². The molecule has 1 unspecified atom stereocenters. The van der Waals surface area contributed by atoms with Crippen LogP contribution in [-0.4, -0.2) is 35.6 Å². The van der Waals surface area contributed by atoms with E-state index in [4.69, 9.17) is 5.11 Å². The van der Waals surface area contributed by atoms with Gasteiger partial charge in [-0.3, -0.25) is 9.59 Å². The first-order valence-corrected chi connectivity index (χ1v) is 8.02. The van der Waals surface area contributed by atoms with Gasteiger partial charge in [0, 0.05) is 23.8 Å². The summed E-state index contributed by atoms with van der Waals surface area (Å²) in [6.07, 6.45) is 1.24. The van der Waals surface area contributed by atoms with Crippen molar-refractivity contribution in [3.63, 3.8) is 0 Å². The van der Waals surface area contributed by atoms with Gasteiger partial charge in [-0.05, 0) is 38.5 Å². The van der Waals surface area contributed by atoms with Crippen LogP contribution in [0.1, 0.15) is 44.0 Å². The molecule has 24 heavy (non-hydrogen) atoms. The van der Waals surface area contributed by atoms with E-state index in [0.29, 0.717) is 17.7 Å². The first-order chi connectivity index (χ1) is 11.3. The number of benzene rings is 1. The summed E-state index contributed by atoms with van der Waals surface area (Å²) in [6.45, 7) is 5.67. The second kappa shape index (κ2) is 9.54. The first-order valence-electron chi connectivity index (χ1n) is 8.02. The molecule has 0 spiro atoms. The van der Waals surface area contributed by atoms with Crippen molar-refractivity contribution in [2.75, 3.05) is 11.9 Å². The molecule has 4 N–H and O–H groups in total. The topological polar surface area (TPSA) is 108 Å². The summed E-state index contributed by atoms with van der Waals surface area (Å²) in [5.74, 6) is -1.89. The average Bonchev–Trinajstić information content (AvgIpc) is 2.50. The number of amides is 3. The fourth-order valence-electron chi connectivity index (χ4n) is 2.15. The molecule has 1 atom stereocenters. The lowest BCUT2D eigenvalue weighted by Crippen LogP contribution is -2.34. The number of urea groups is 1. The van der Waals surface area contributed by atoms with Crippen LogP contribution in [0.5, 0.6) is 0 Å². The molecule has 0 radical (unpaired) electrons. The number of nitrogens with one attached hydrogen (secondary N) is 3.